The molecule has 0 spiro atoms. The average Bonchev–Trinajstić information content (AvgIpc) is 2.93. The van der Waals surface area contributed by atoms with Crippen molar-refractivity contribution in [2.75, 3.05) is 26.7 Å². The molecule has 0 radical (unpaired) electrons. The van der Waals surface area contributed by atoms with Crippen LogP contribution < -0.4 is 5.32 Å². The molecule has 1 heterocycles. The molecule has 2 amide bonds. The molecule has 6 nitrogen and oxygen atoms in total. The van der Waals surface area contributed by atoms with Gasteiger partial charge in [0.15, 0.2) is 0 Å². The quantitative estimate of drug-likeness (QED) is 0.863. The number of rotatable bonds is 5. The number of halogens is 1. The summed E-state index contributed by atoms with van der Waals surface area (Å²) in [6.45, 7) is 2.62. The van der Waals surface area contributed by atoms with Crippen LogP contribution in [0.4, 0.5) is 4.79 Å². The summed E-state index contributed by atoms with van der Waals surface area (Å²) in [5, 5.41) is 12.6. The summed E-state index contributed by atoms with van der Waals surface area (Å²) in [7, 11) is 1.57. The van der Waals surface area contributed by atoms with Crippen molar-refractivity contribution in [3.05, 3.63) is 34.9 Å². The number of aliphatic carboxylic acids is 1. The van der Waals surface area contributed by atoms with Crippen LogP contribution in [0.1, 0.15) is 25.0 Å². The number of carbonyl (C=O) groups excluding carboxylic acids is 1. The minimum Gasteiger partial charge on any atom is -0.481 e. The molecule has 2 unspecified atom stereocenters. The van der Waals surface area contributed by atoms with E-state index in [9.17, 15) is 14.7 Å². The van der Waals surface area contributed by atoms with Crippen molar-refractivity contribution in [2.45, 2.75) is 19.4 Å². The Balaban J connectivity index is 1.90. The lowest BCUT2D eigenvalue weighted by Crippen LogP contribution is -2.42. The van der Waals surface area contributed by atoms with Gasteiger partial charge in [-0.1, -0.05) is 23.7 Å². The number of likely N-dealkylation sites (tertiary alicyclic amines) is 1. The van der Waals surface area contributed by atoms with E-state index in [2.05, 4.69) is 5.32 Å². The lowest BCUT2D eigenvalue weighted by atomic mass is 9.90. The highest BCUT2D eigenvalue weighted by atomic mass is 35.5. The molecule has 1 aliphatic rings. The molecule has 0 aromatic heterocycles. The molecule has 1 fully saturated rings. The fourth-order valence-electron chi connectivity index (χ4n) is 2.62. The standard InChI is InChI=1S/C16H21ClN2O4/c1-16(14(20)21)7-8-19(10-16)15(22)18-9-13(23-2)11-3-5-12(17)6-4-11/h3-6,13H,7-10H2,1-2H3,(H,18,22)(H,20,21). The third-order valence-corrected chi connectivity index (χ3v) is 4.49. The van der Waals surface area contributed by atoms with Gasteiger partial charge in [0, 0.05) is 31.8 Å². The number of methoxy groups -OCH3 is 1. The first kappa shape index (κ1) is 17.6. The number of ether oxygens (including phenoxy) is 1. The zero-order valence-electron chi connectivity index (χ0n) is 13.2. The maximum Gasteiger partial charge on any atom is 0.317 e. The first-order chi connectivity index (χ1) is 10.9. The van der Waals surface area contributed by atoms with Crippen LogP contribution in [0, 0.1) is 5.41 Å². The number of nitrogens with one attached hydrogen (secondary N) is 1. The van der Waals surface area contributed by atoms with E-state index in [1.807, 2.05) is 12.1 Å². The van der Waals surface area contributed by atoms with Gasteiger partial charge >= 0.3 is 12.0 Å². The van der Waals surface area contributed by atoms with Crippen molar-refractivity contribution in [3.8, 4) is 0 Å². The van der Waals surface area contributed by atoms with Gasteiger partial charge in [0.1, 0.15) is 0 Å². The summed E-state index contributed by atoms with van der Waals surface area (Å²) in [6, 6.07) is 6.96. The lowest BCUT2D eigenvalue weighted by Gasteiger charge is -2.22. The van der Waals surface area contributed by atoms with Crippen LogP contribution in [0.25, 0.3) is 0 Å². The third-order valence-electron chi connectivity index (χ3n) is 4.24. The van der Waals surface area contributed by atoms with Gasteiger partial charge in [0.05, 0.1) is 11.5 Å². The number of benzene rings is 1. The normalized spacial score (nSPS) is 22.0. The first-order valence-corrected chi connectivity index (χ1v) is 7.78. The summed E-state index contributed by atoms with van der Waals surface area (Å²) in [6.07, 6.45) is 0.172. The zero-order valence-corrected chi connectivity index (χ0v) is 14.0. The predicted octanol–water partition coefficient (Wildman–Crippen LogP) is 2.53. The Morgan fingerprint density at radius 1 is 1.43 bits per heavy atom. The summed E-state index contributed by atoms with van der Waals surface area (Å²) < 4.78 is 5.40. The van der Waals surface area contributed by atoms with Gasteiger partial charge < -0.3 is 20.1 Å². The fraction of sp³-hybridized carbons (Fsp3) is 0.500. The summed E-state index contributed by atoms with van der Waals surface area (Å²) in [5.41, 5.74) is 0.0442. The Bertz CT molecular complexity index is 578. The van der Waals surface area contributed by atoms with Crippen LogP contribution in [0.15, 0.2) is 24.3 Å². The summed E-state index contributed by atoms with van der Waals surface area (Å²) >= 11 is 5.86. The zero-order chi connectivity index (χ0) is 17.0. The molecule has 1 aliphatic heterocycles. The molecule has 2 rings (SSSR count). The molecule has 1 aromatic carbocycles. The Hall–Kier alpha value is -1.79. The van der Waals surface area contributed by atoms with E-state index in [1.165, 1.54) is 4.90 Å². The number of hydrogen-bond donors (Lipinski definition) is 2. The topological polar surface area (TPSA) is 78.9 Å². The highest BCUT2D eigenvalue weighted by Crippen LogP contribution is 2.30. The average molecular weight is 341 g/mol. The van der Waals surface area contributed by atoms with Crippen molar-refractivity contribution in [3.63, 3.8) is 0 Å². The van der Waals surface area contributed by atoms with Crippen molar-refractivity contribution in [1.29, 1.82) is 0 Å². The number of carbonyl (C=O) groups is 2. The molecule has 2 atom stereocenters. The van der Waals surface area contributed by atoms with E-state index in [4.69, 9.17) is 16.3 Å². The number of carboxylic acids is 1. The van der Waals surface area contributed by atoms with Gasteiger partial charge in [-0.05, 0) is 31.0 Å². The van der Waals surface area contributed by atoms with E-state index in [0.717, 1.165) is 5.56 Å². The van der Waals surface area contributed by atoms with E-state index in [-0.39, 0.29) is 18.7 Å². The molecular weight excluding hydrogens is 320 g/mol. The van der Waals surface area contributed by atoms with Gasteiger partial charge in [-0.25, -0.2) is 4.79 Å². The molecule has 0 aliphatic carbocycles. The molecule has 7 heteroatoms. The summed E-state index contributed by atoms with van der Waals surface area (Å²) in [4.78, 5) is 25.0. The van der Waals surface area contributed by atoms with Crippen molar-refractivity contribution in [1.82, 2.24) is 10.2 Å². The molecular formula is C16H21ClN2O4. The minimum atomic E-state index is -0.872. The van der Waals surface area contributed by atoms with E-state index in [1.54, 1.807) is 26.2 Å². The minimum absolute atomic E-state index is 0.215. The van der Waals surface area contributed by atoms with Crippen molar-refractivity contribution in [2.24, 2.45) is 5.41 Å². The second kappa shape index (κ2) is 7.19. The maximum atomic E-state index is 12.2. The molecule has 126 valence electrons. The van der Waals surface area contributed by atoms with Crippen LogP contribution in [0.3, 0.4) is 0 Å². The molecule has 0 bridgehead atoms. The van der Waals surface area contributed by atoms with Gasteiger partial charge in [0.2, 0.25) is 0 Å². The van der Waals surface area contributed by atoms with Crippen LogP contribution >= 0.6 is 11.6 Å². The Morgan fingerprint density at radius 3 is 2.61 bits per heavy atom. The van der Waals surface area contributed by atoms with Gasteiger partial charge in [-0.3, -0.25) is 4.79 Å². The van der Waals surface area contributed by atoms with Gasteiger partial charge in [-0.15, -0.1) is 0 Å². The van der Waals surface area contributed by atoms with Crippen molar-refractivity contribution < 1.29 is 19.4 Å². The van der Waals surface area contributed by atoms with Gasteiger partial charge in [-0.2, -0.15) is 0 Å². The van der Waals surface area contributed by atoms with Crippen molar-refractivity contribution >= 4 is 23.6 Å². The molecule has 2 N–H and O–H groups in total. The number of nitrogens with zero attached hydrogens (tertiary/aromatic N) is 1. The molecule has 0 saturated carbocycles. The van der Waals surface area contributed by atoms with Crippen LogP contribution in [0.2, 0.25) is 5.02 Å². The number of hydrogen-bond acceptors (Lipinski definition) is 3. The number of carboxylic acid groups (broad SMARTS) is 1. The molecule has 1 saturated heterocycles. The third kappa shape index (κ3) is 4.14. The number of amides is 2. The van der Waals surface area contributed by atoms with Gasteiger partial charge in [0.25, 0.3) is 0 Å². The summed E-state index contributed by atoms with van der Waals surface area (Å²) in [5.74, 6) is -0.872. The first-order valence-electron chi connectivity index (χ1n) is 7.40. The SMILES string of the molecule is COC(CNC(=O)N1CCC(C)(C(=O)O)C1)c1ccc(Cl)cc1. The number of urea groups is 1. The molecule has 23 heavy (non-hydrogen) atoms. The Kier molecular flexibility index (Phi) is 5.49. The predicted molar refractivity (Wildman–Crippen MR) is 86.5 cm³/mol. The fourth-order valence-corrected chi connectivity index (χ4v) is 2.74. The van der Waals surface area contributed by atoms with E-state index >= 15 is 0 Å². The van der Waals surface area contributed by atoms with E-state index in [0.29, 0.717) is 24.5 Å². The monoisotopic (exact) mass is 340 g/mol. The Labute approximate surface area is 140 Å². The van der Waals surface area contributed by atoms with Crippen LogP contribution in [-0.2, 0) is 9.53 Å². The largest absolute Gasteiger partial charge is 0.481 e. The second-order valence-corrected chi connectivity index (χ2v) is 6.44. The highest BCUT2D eigenvalue weighted by molar-refractivity contribution is 6.30. The lowest BCUT2D eigenvalue weighted by molar-refractivity contribution is -0.147. The second-order valence-electron chi connectivity index (χ2n) is 6.00. The van der Waals surface area contributed by atoms with Crippen LogP contribution in [0.5, 0.6) is 0 Å². The van der Waals surface area contributed by atoms with Crippen LogP contribution in [-0.4, -0.2) is 48.8 Å². The smallest absolute Gasteiger partial charge is 0.317 e. The highest BCUT2D eigenvalue weighted by Gasteiger charge is 2.42. The maximum absolute atomic E-state index is 12.2. The molecule has 1 aromatic rings. The van der Waals surface area contributed by atoms with E-state index < -0.39 is 11.4 Å². The Morgan fingerprint density at radius 2 is 2.09 bits per heavy atom.